The normalized spacial score (nSPS) is 25.0. The number of hydrogen-bond acceptors (Lipinski definition) is 1. The highest BCUT2D eigenvalue weighted by Crippen LogP contribution is 2.48. The molecule has 0 fully saturated rings. The maximum Gasteiger partial charge on any atom is 0.0378 e. The summed E-state index contributed by atoms with van der Waals surface area (Å²) in [6.45, 7) is 5.92. The molecule has 0 bridgehead atoms. The molecule has 1 unspecified atom stereocenters. The van der Waals surface area contributed by atoms with E-state index in [1.807, 2.05) is 0 Å². The molecular weight excluding hydrogens is 218 g/mol. The summed E-state index contributed by atoms with van der Waals surface area (Å²) in [4.78, 5) is 0. The Morgan fingerprint density at radius 2 is 2.06 bits per heavy atom. The molecule has 3 rings (SSSR count). The Balaban J connectivity index is 0.000000963. The molecule has 88 valence electrons. The Morgan fingerprint density at radius 1 is 1.25 bits per heavy atom. The molecule has 1 aliphatic carbocycles. The average molecular weight is 238 g/mol. The van der Waals surface area contributed by atoms with E-state index < -0.39 is 0 Å². The van der Waals surface area contributed by atoms with Crippen molar-refractivity contribution in [3.63, 3.8) is 0 Å². The molecule has 0 amide bonds. The van der Waals surface area contributed by atoms with Gasteiger partial charge in [0.1, 0.15) is 0 Å². The summed E-state index contributed by atoms with van der Waals surface area (Å²) >= 11 is 0. The first-order valence-electron chi connectivity index (χ1n) is 6.06. The van der Waals surface area contributed by atoms with E-state index in [-0.39, 0.29) is 12.4 Å². The Morgan fingerprint density at radius 3 is 2.88 bits per heavy atom. The quantitative estimate of drug-likeness (QED) is 0.717. The first-order valence-corrected chi connectivity index (χ1v) is 6.06. The fourth-order valence-corrected chi connectivity index (χ4v) is 3.23. The highest BCUT2D eigenvalue weighted by Gasteiger charge is 2.35. The third kappa shape index (κ3) is 1.62. The molecule has 1 nitrogen and oxygen atoms in total. The molecular formula is C14H20ClN. The van der Waals surface area contributed by atoms with E-state index in [9.17, 15) is 0 Å². The van der Waals surface area contributed by atoms with Crippen LogP contribution in [0.25, 0.3) is 0 Å². The van der Waals surface area contributed by atoms with Gasteiger partial charge in [-0.3, -0.25) is 0 Å². The molecule has 0 aromatic heterocycles. The number of hydrogen-bond donors (Lipinski definition) is 1. The van der Waals surface area contributed by atoms with Gasteiger partial charge in [0.05, 0.1) is 0 Å². The van der Waals surface area contributed by atoms with Gasteiger partial charge < -0.3 is 5.32 Å². The highest BCUT2D eigenvalue weighted by molar-refractivity contribution is 5.85. The molecule has 0 saturated heterocycles. The van der Waals surface area contributed by atoms with Crippen LogP contribution in [0.3, 0.4) is 0 Å². The molecule has 1 aromatic carbocycles. The van der Waals surface area contributed by atoms with E-state index in [0.29, 0.717) is 5.41 Å². The smallest absolute Gasteiger partial charge is 0.0378 e. The number of anilines is 1. The van der Waals surface area contributed by atoms with Crippen molar-refractivity contribution in [3.05, 3.63) is 29.3 Å². The van der Waals surface area contributed by atoms with Crippen molar-refractivity contribution in [3.8, 4) is 0 Å². The molecule has 2 heteroatoms. The summed E-state index contributed by atoms with van der Waals surface area (Å²) in [5.74, 6) is 0.825. The highest BCUT2D eigenvalue weighted by atomic mass is 35.5. The minimum absolute atomic E-state index is 0. The molecule has 2 aliphatic rings. The monoisotopic (exact) mass is 237 g/mol. The number of benzene rings is 1. The summed E-state index contributed by atoms with van der Waals surface area (Å²) in [5, 5.41) is 3.54. The zero-order chi connectivity index (χ0) is 10.5. The fourth-order valence-electron chi connectivity index (χ4n) is 3.23. The molecule has 1 heterocycles. The van der Waals surface area contributed by atoms with Gasteiger partial charge in [-0.2, -0.15) is 0 Å². The van der Waals surface area contributed by atoms with Crippen molar-refractivity contribution in [1.82, 2.24) is 0 Å². The zero-order valence-corrected chi connectivity index (χ0v) is 10.9. The molecule has 0 saturated carbocycles. The minimum atomic E-state index is 0. The van der Waals surface area contributed by atoms with Crippen LogP contribution in [0.15, 0.2) is 18.2 Å². The summed E-state index contributed by atoms with van der Waals surface area (Å²) < 4.78 is 0. The van der Waals surface area contributed by atoms with E-state index in [0.717, 1.165) is 12.5 Å². The SMILES string of the molecule is CC1(C)CCC2CCNc3cccc1c32.Cl. The maximum atomic E-state index is 3.54. The summed E-state index contributed by atoms with van der Waals surface area (Å²) in [5.41, 5.74) is 4.99. The van der Waals surface area contributed by atoms with Gasteiger partial charge in [0.25, 0.3) is 0 Å². The molecule has 1 N–H and O–H groups in total. The molecule has 0 radical (unpaired) electrons. The van der Waals surface area contributed by atoms with Crippen molar-refractivity contribution in [2.75, 3.05) is 11.9 Å². The van der Waals surface area contributed by atoms with Crippen molar-refractivity contribution >= 4 is 18.1 Å². The first-order chi connectivity index (χ1) is 7.18. The topological polar surface area (TPSA) is 12.0 Å². The van der Waals surface area contributed by atoms with Gasteiger partial charge in [-0.05, 0) is 47.8 Å². The molecule has 16 heavy (non-hydrogen) atoms. The van der Waals surface area contributed by atoms with Gasteiger partial charge in [0, 0.05) is 12.2 Å². The van der Waals surface area contributed by atoms with E-state index in [1.54, 1.807) is 11.1 Å². The lowest BCUT2D eigenvalue weighted by Crippen LogP contribution is -2.30. The van der Waals surface area contributed by atoms with Gasteiger partial charge >= 0.3 is 0 Å². The Labute approximate surface area is 104 Å². The van der Waals surface area contributed by atoms with Crippen LogP contribution >= 0.6 is 12.4 Å². The van der Waals surface area contributed by atoms with Gasteiger partial charge in [0.2, 0.25) is 0 Å². The maximum absolute atomic E-state index is 3.54. The van der Waals surface area contributed by atoms with E-state index in [4.69, 9.17) is 0 Å². The minimum Gasteiger partial charge on any atom is -0.385 e. The average Bonchev–Trinajstić information content (AvgIpc) is 2.24. The second-order valence-corrected chi connectivity index (χ2v) is 5.60. The Bertz CT molecular complexity index is 398. The van der Waals surface area contributed by atoms with E-state index in [1.165, 1.54) is 24.9 Å². The van der Waals surface area contributed by atoms with Gasteiger partial charge in [-0.25, -0.2) is 0 Å². The predicted molar refractivity (Wildman–Crippen MR) is 71.8 cm³/mol. The van der Waals surface area contributed by atoms with E-state index in [2.05, 4.69) is 37.4 Å². The van der Waals surface area contributed by atoms with Crippen LogP contribution in [0.1, 0.15) is 50.2 Å². The largest absolute Gasteiger partial charge is 0.385 e. The van der Waals surface area contributed by atoms with Crippen LogP contribution in [0.4, 0.5) is 5.69 Å². The number of halogens is 1. The second-order valence-electron chi connectivity index (χ2n) is 5.60. The lowest BCUT2D eigenvalue weighted by molar-refractivity contribution is 0.381. The predicted octanol–water partition coefficient (Wildman–Crippen LogP) is 4.08. The van der Waals surface area contributed by atoms with Crippen LogP contribution in [0.5, 0.6) is 0 Å². The lowest BCUT2D eigenvalue weighted by Gasteiger charge is -2.40. The zero-order valence-electron chi connectivity index (χ0n) is 10.0. The number of nitrogens with one attached hydrogen (secondary N) is 1. The van der Waals surface area contributed by atoms with E-state index >= 15 is 0 Å². The molecule has 1 atom stereocenters. The van der Waals surface area contributed by atoms with Crippen LogP contribution in [-0.2, 0) is 5.41 Å². The summed E-state index contributed by atoms with van der Waals surface area (Å²) in [7, 11) is 0. The van der Waals surface area contributed by atoms with Crippen molar-refractivity contribution in [1.29, 1.82) is 0 Å². The Hall–Kier alpha value is -0.690. The fraction of sp³-hybridized carbons (Fsp3) is 0.571. The molecule has 1 aliphatic heterocycles. The van der Waals surface area contributed by atoms with Crippen LogP contribution in [0, 0.1) is 0 Å². The third-order valence-electron chi connectivity index (χ3n) is 4.17. The van der Waals surface area contributed by atoms with Crippen molar-refractivity contribution < 1.29 is 0 Å². The van der Waals surface area contributed by atoms with Gasteiger partial charge in [0.15, 0.2) is 0 Å². The van der Waals surface area contributed by atoms with Crippen molar-refractivity contribution in [2.24, 2.45) is 0 Å². The Kier molecular flexibility index (Phi) is 2.91. The van der Waals surface area contributed by atoms with Crippen LogP contribution in [0.2, 0.25) is 0 Å². The molecule has 0 spiro atoms. The lowest BCUT2D eigenvalue weighted by atomic mass is 9.67. The van der Waals surface area contributed by atoms with Crippen LogP contribution in [-0.4, -0.2) is 6.54 Å². The number of rotatable bonds is 0. The standard InChI is InChI=1S/C14H19N.ClH/c1-14(2)8-6-10-7-9-15-12-5-3-4-11(14)13(10)12;/h3-5,10,15H,6-9H2,1-2H3;1H. The van der Waals surface area contributed by atoms with Gasteiger partial charge in [-0.15, -0.1) is 12.4 Å². The summed E-state index contributed by atoms with van der Waals surface area (Å²) in [6, 6.07) is 6.78. The second kappa shape index (κ2) is 3.96. The van der Waals surface area contributed by atoms with Gasteiger partial charge in [-0.1, -0.05) is 26.0 Å². The first kappa shape index (κ1) is 11.8. The summed E-state index contributed by atoms with van der Waals surface area (Å²) in [6.07, 6.45) is 4.03. The molecule has 1 aromatic rings. The third-order valence-corrected chi connectivity index (χ3v) is 4.17. The van der Waals surface area contributed by atoms with Crippen LogP contribution < -0.4 is 5.32 Å². The van der Waals surface area contributed by atoms with Crippen molar-refractivity contribution in [2.45, 2.75) is 44.4 Å².